The topological polar surface area (TPSA) is 46.3 Å². The van der Waals surface area contributed by atoms with Crippen molar-refractivity contribution >= 4 is 5.91 Å². The van der Waals surface area contributed by atoms with Gasteiger partial charge in [-0.05, 0) is 12.8 Å². The third-order valence-electron chi connectivity index (χ3n) is 2.59. The molecule has 0 aliphatic carbocycles. The summed E-state index contributed by atoms with van der Waals surface area (Å²) in [7, 11) is 0. The Kier molecular flexibility index (Phi) is 3.96. The molecular weight excluding hydrogens is 209 g/mol. The van der Waals surface area contributed by atoms with Crippen LogP contribution in [0.5, 0.6) is 0 Å². The van der Waals surface area contributed by atoms with Crippen LogP contribution in [0.3, 0.4) is 0 Å². The Morgan fingerprint density at radius 1 is 1.33 bits per heavy atom. The first kappa shape index (κ1) is 12.3. The minimum atomic E-state index is -4.42. The summed E-state index contributed by atoms with van der Waals surface area (Å²) in [5.41, 5.74) is 5.09. The summed E-state index contributed by atoms with van der Waals surface area (Å²) in [6.07, 6.45) is -2.12. The highest BCUT2D eigenvalue weighted by molar-refractivity contribution is 5.76. The van der Waals surface area contributed by atoms with Gasteiger partial charge in [0.2, 0.25) is 5.91 Å². The van der Waals surface area contributed by atoms with Crippen molar-refractivity contribution in [3.8, 4) is 0 Å². The summed E-state index contributed by atoms with van der Waals surface area (Å²) in [6.45, 7) is -0.393. The van der Waals surface area contributed by atoms with Gasteiger partial charge in [-0.1, -0.05) is 6.42 Å². The molecule has 3 nitrogen and oxygen atoms in total. The number of rotatable bonds is 2. The molecule has 1 aliphatic heterocycles. The quantitative estimate of drug-likeness (QED) is 0.768. The van der Waals surface area contributed by atoms with E-state index in [-0.39, 0.29) is 13.0 Å². The number of alkyl halides is 3. The molecule has 1 saturated heterocycles. The molecule has 0 radical (unpaired) electrons. The Morgan fingerprint density at radius 2 is 2.00 bits per heavy atom. The van der Waals surface area contributed by atoms with Crippen molar-refractivity contribution in [2.24, 2.45) is 5.73 Å². The summed E-state index contributed by atoms with van der Waals surface area (Å²) in [6, 6.07) is -1.82. The molecule has 0 bridgehead atoms. The van der Waals surface area contributed by atoms with Crippen LogP contribution >= 0.6 is 0 Å². The predicted molar refractivity (Wildman–Crippen MR) is 49.1 cm³/mol. The lowest BCUT2D eigenvalue weighted by Crippen LogP contribution is -2.52. The minimum Gasteiger partial charge on any atom is -0.329 e. The third kappa shape index (κ3) is 3.09. The van der Waals surface area contributed by atoms with Crippen molar-refractivity contribution in [2.75, 3.05) is 13.1 Å². The monoisotopic (exact) mass is 224 g/mol. The van der Waals surface area contributed by atoms with Gasteiger partial charge in [-0.3, -0.25) is 4.79 Å². The molecule has 6 heteroatoms. The molecular formula is C9H15F3N2O. The van der Waals surface area contributed by atoms with Crippen molar-refractivity contribution in [2.45, 2.75) is 37.9 Å². The van der Waals surface area contributed by atoms with E-state index >= 15 is 0 Å². The van der Waals surface area contributed by atoms with Crippen LogP contribution in [0.4, 0.5) is 13.2 Å². The largest absolute Gasteiger partial charge is 0.410 e. The minimum absolute atomic E-state index is 0.167. The van der Waals surface area contributed by atoms with Gasteiger partial charge in [-0.15, -0.1) is 0 Å². The highest BCUT2D eigenvalue weighted by Crippen LogP contribution is 2.26. The number of nitrogens with zero attached hydrogens (tertiary/aromatic N) is 1. The number of likely N-dealkylation sites (tertiary alicyclic amines) is 1. The van der Waals surface area contributed by atoms with E-state index in [1.807, 2.05) is 0 Å². The number of hydrogen-bond donors (Lipinski definition) is 1. The van der Waals surface area contributed by atoms with E-state index in [9.17, 15) is 18.0 Å². The summed E-state index contributed by atoms with van der Waals surface area (Å²) in [5.74, 6) is -0.430. The fourth-order valence-electron chi connectivity index (χ4n) is 1.77. The molecule has 1 rings (SSSR count). The zero-order valence-corrected chi connectivity index (χ0v) is 8.39. The number of amides is 1. The van der Waals surface area contributed by atoms with E-state index in [1.54, 1.807) is 0 Å². The van der Waals surface area contributed by atoms with E-state index < -0.39 is 24.7 Å². The van der Waals surface area contributed by atoms with Crippen LogP contribution in [0.25, 0.3) is 0 Å². The fraction of sp³-hybridized carbons (Fsp3) is 0.889. The standard InChI is InChI=1S/C9H15F3N2O/c10-9(11,12)7(6-13)14-5-3-1-2-4-8(14)15/h7H,1-6,13H2. The second-order valence-corrected chi connectivity index (χ2v) is 3.69. The molecule has 1 unspecified atom stereocenters. The summed E-state index contributed by atoms with van der Waals surface area (Å²) >= 11 is 0. The molecule has 1 aliphatic rings. The van der Waals surface area contributed by atoms with Crippen LogP contribution in [0, 0.1) is 0 Å². The number of nitrogens with two attached hydrogens (primary N) is 1. The van der Waals surface area contributed by atoms with E-state index in [0.29, 0.717) is 12.8 Å². The first-order chi connectivity index (χ1) is 6.96. The average molecular weight is 224 g/mol. The molecule has 0 aromatic rings. The molecule has 0 aromatic carbocycles. The van der Waals surface area contributed by atoms with E-state index in [4.69, 9.17) is 5.73 Å². The zero-order chi connectivity index (χ0) is 11.5. The molecule has 1 atom stereocenters. The maximum atomic E-state index is 12.5. The van der Waals surface area contributed by atoms with Crippen LogP contribution in [0.15, 0.2) is 0 Å². The van der Waals surface area contributed by atoms with Crippen LogP contribution in [0.2, 0.25) is 0 Å². The Bertz CT molecular complexity index is 230. The second kappa shape index (κ2) is 4.83. The van der Waals surface area contributed by atoms with E-state index in [0.717, 1.165) is 11.3 Å². The number of halogens is 3. The van der Waals surface area contributed by atoms with E-state index in [1.165, 1.54) is 0 Å². The van der Waals surface area contributed by atoms with Gasteiger partial charge in [0.15, 0.2) is 0 Å². The molecule has 1 heterocycles. The third-order valence-corrected chi connectivity index (χ3v) is 2.59. The van der Waals surface area contributed by atoms with Gasteiger partial charge in [0.25, 0.3) is 0 Å². The van der Waals surface area contributed by atoms with Crippen molar-refractivity contribution in [3.63, 3.8) is 0 Å². The van der Waals surface area contributed by atoms with Crippen molar-refractivity contribution in [1.82, 2.24) is 4.90 Å². The van der Waals surface area contributed by atoms with Gasteiger partial charge in [-0.25, -0.2) is 0 Å². The smallest absolute Gasteiger partial charge is 0.329 e. The molecule has 88 valence electrons. The molecule has 0 aromatic heterocycles. The van der Waals surface area contributed by atoms with Crippen molar-refractivity contribution < 1.29 is 18.0 Å². The predicted octanol–water partition coefficient (Wildman–Crippen LogP) is 1.28. The van der Waals surface area contributed by atoms with Crippen LogP contribution in [-0.2, 0) is 4.79 Å². The molecule has 2 N–H and O–H groups in total. The second-order valence-electron chi connectivity index (χ2n) is 3.69. The van der Waals surface area contributed by atoms with Gasteiger partial charge in [0, 0.05) is 19.5 Å². The lowest BCUT2D eigenvalue weighted by molar-refractivity contribution is -0.187. The fourth-order valence-corrected chi connectivity index (χ4v) is 1.77. The first-order valence-corrected chi connectivity index (χ1v) is 5.03. The van der Waals surface area contributed by atoms with Gasteiger partial charge in [0.1, 0.15) is 6.04 Å². The van der Waals surface area contributed by atoms with Gasteiger partial charge in [-0.2, -0.15) is 13.2 Å². The SMILES string of the molecule is NCC(N1CCCCCC1=O)C(F)(F)F. The Labute approximate surface area is 86.4 Å². The highest BCUT2D eigenvalue weighted by atomic mass is 19.4. The van der Waals surface area contributed by atoms with Crippen LogP contribution in [-0.4, -0.2) is 36.1 Å². The number of carbonyl (C=O) groups excluding carboxylic acids is 1. The summed E-state index contributed by atoms with van der Waals surface area (Å²) in [5, 5.41) is 0. The van der Waals surface area contributed by atoms with Crippen molar-refractivity contribution in [3.05, 3.63) is 0 Å². The molecule has 15 heavy (non-hydrogen) atoms. The van der Waals surface area contributed by atoms with Crippen molar-refractivity contribution in [1.29, 1.82) is 0 Å². The number of hydrogen-bond acceptors (Lipinski definition) is 2. The highest BCUT2D eigenvalue weighted by Gasteiger charge is 2.44. The molecule has 0 saturated carbocycles. The maximum absolute atomic E-state index is 12.5. The molecule has 1 amide bonds. The summed E-state index contributed by atoms with van der Waals surface area (Å²) in [4.78, 5) is 12.3. The molecule has 1 fully saturated rings. The lowest BCUT2D eigenvalue weighted by Gasteiger charge is -2.31. The first-order valence-electron chi connectivity index (χ1n) is 5.03. The van der Waals surface area contributed by atoms with E-state index in [2.05, 4.69) is 0 Å². The Balaban J connectivity index is 2.77. The van der Waals surface area contributed by atoms with Crippen LogP contribution in [0.1, 0.15) is 25.7 Å². The normalized spacial score (nSPS) is 21.3. The summed E-state index contributed by atoms with van der Waals surface area (Å²) < 4.78 is 37.6. The number of carbonyl (C=O) groups is 1. The lowest BCUT2D eigenvalue weighted by atomic mass is 10.2. The average Bonchev–Trinajstić information content (AvgIpc) is 2.31. The Hall–Kier alpha value is -0.780. The maximum Gasteiger partial charge on any atom is 0.410 e. The van der Waals surface area contributed by atoms with Crippen LogP contribution < -0.4 is 5.73 Å². The zero-order valence-electron chi connectivity index (χ0n) is 8.39. The Morgan fingerprint density at radius 3 is 2.53 bits per heavy atom. The van der Waals surface area contributed by atoms with Gasteiger partial charge < -0.3 is 10.6 Å². The van der Waals surface area contributed by atoms with Gasteiger partial charge in [0.05, 0.1) is 0 Å². The molecule has 0 spiro atoms. The van der Waals surface area contributed by atoms with Gasteiger partial charge >= 0.3 is 6.18 Å².